The van der Waals surface area contributed by atoms with Crippen molar-refractivity contribution in [2.75, 3.05) is 19.1 Å². The van der Waals surface area contributed by atoms with Crippen molar-refractivity contribution >= 4 is 39.6 Å². The fourth-order valence-electron chi connectivity index (χ4n) is 3.46. The van der Waals surface area contributed by atoms with Crippen molar-refractivity contribution in [3.05, 3.63) is 69.7 Å². The number of hydrogen-bond acceptors (Lipinski definition) is 4. The van der Waals surface area contributed by atoms with Gasteiger partial charge in [0.05, 0.1) is 18.4 Å². The number of carbonyl (C=O) groups excluding carboxylic acids is 2. The van der Waals surface area contributed by atoms with Gasteiger partial charge < -0.3 is 14.4 Å². The Bertz CT molecular complexity index is 940. The van der Waals surface area contributed by atoms with Crippen molar-refractivity contribution in [2.24, 2.45) is 0 Å². The minimum absolute atomic E-state index is 0.182. The zero-order valence-electron chi connectivity index (χ0n) is 14.2. The lowest BCUT2D eigenvalue weighted by atomic mass is 9.92. The summed E-state index contributed by atoms with van der Waals surface area (Å²) in [5.41, 5.74) is 1.54. The molecule has 0 N–H and O–H groups in total. The minimum atomic E-state index is -1.16. The molecule has 0 unspecified atom stereocenters. The highest BCUT2D eigenvalue weighted by Gasteiger charge is 2.71. The summed E-state index contributed by atoms with van der Waals surface area (Å²) >= 11 is 3.45. The summed E-state index contributed by atoms with van der Waals surface area (Å²) in [6.07, 6.45) is 1.04. The van der Waals surface area contributed by atoms with Gasteiger partial charge in [-0.25, -0.2) is 4.79 Å². The van der Waals surface area contributed by atoms with Crippen LogP contribution in [0.25, 0.3) is 6.08 Å². The molecular weight excluding hydrogens is 398 g/mol. The summed E-state index contributed by atoms with van der Waals surface area (Å²) in [6, 6.07) is 15.0. The second-order valence-electron chi connectivity index (χ2n) is 6.26. The third-order valence-corrected chi connectivity index (χ3v) is 5.28. The topological polar surface area (TPSA) is 59.1 Å². The standard InChI is InChI=1S/C20H16BrNO4/c1-22-16-9-8-13(21)11-15(16)20(19(22)24)17(26-20)14(18(23)25-2)10-12-6-4-3-5-7-12/h3-11,17H,1-2H3/b14-10+/t17-,20+/m0/s1. The molecule has 0 aromatic heterocycles. The van der Waals surface area contributed by atoms with Crippen LogP contribution in [0.1, 0.15) is 11.1 Å². The first-order chi connectivity index (χ1) is 12.5. The lowest BCUT2D eigenvalue weighted by Crippen LogP contribution is -2.32. The molecule has 2 atom stereocenters. The number of methoxy groups -OCH3 is 1. The van der Waals surface area contributed by atoms with E-state index in [9.17, 15) is 9.59 Å². The SMILES string of the molecule is COC(=O)/C(=C/c1ccccc1)[C@@H]1O[C@@]12C(=O)N(C)c1ccc(Br)cc12. The molecule has 6 heteroatoms. The van der Waals surface area contributed by atoms with Crippen LogP contribution in [0.3, 0.4) is 0 Å². The molecule has 0 radical (unpaired) electrons. The molecule has 2 aliphatic heterocycles. The zero-order chi connectivity index (χ0) is 18.5. The number of benzene rings is 2. The molecule has 26 heavy (non-hydrogen) atoms. The highest BCUT2D eigenvalue weighted by molar-refractivity contribution is 9.10. The number of anilines is 1. The lowest BCUT2D eigenvalue weighted by Gasteiger charge is -2.09. The molecule has 2 aromatic carbocycles. The average Bonchev–Trinajstić information content (AvgIpc) is 3.37. The van der Waals surface area contributed by atoms with E-state index in [1.54, 1.807) is 18.0 Å². The van der Waals surface area contributed by atoms with Crippen molar-refractivity contribution in [1.29, 1.82) is 0 Å². The van der Waals surface area contributed by atoms with Crippen LogP contribution in [0.4, 0.5) is 5.69 Å². The Morgan fingerprint density at radius 3 is 2.69 bits per heavy atom. The Morgan fingerprint density at radius 1 is 1.27 bits per heavy atom. The number of carbonyl (C=O) groups is 2. The van der Waals surface area contributed by atoms with Crippen LogP contribution >= 0.6 is 15.9 Å². The summed E-state index contributed by atoms with van der Waals surface area (Å²) in [5, 5.41) is 0. The van der Waals surface area contributed by atoms with Crippen LogP contribution in [0, 0.1) is 0 Å². The summed E-state index contributed by atoms with van der Waals surface area (Å²) in [4.78, 5) is 26.9. The molecule has 0 saturated carbocycles. The fourth-order valence-corrected chi connectivity index (χ4v) is 3.82. The maximum Gasteiger partial charge on any atom is 0.336 e. The minimum Gasteiger partial charge on any atom is -0.466 e. The van der Waals surface area contributed by atoms with Gasteiger partial charge in [-0.05, 0) is 29.8 Å². The van der Waals surface area contributed by atoms with Crippen LogP contribution in [-0.2, 0) is 24.7 Å². The van der Waals surface area contributed by atoms with E-state index in [4.69, 9.17) is 9.47 Å². The fraction of sp³-hybridized carbons (Fsp3) is 0.200. The Labute approximate surface area is 159 Å². The van der Waals surface area contributed by atoms with Crippen molar-refractivity contribution in [3.63, 3.8) is 0 Å². The van der Waals surface area contributed by atoms with Crippen molar-refractivity contribution < 1.29 is 19.1 Å². The maximum absolute atomic E-state index is 12.9. The van der Waals surface area contributed by atoms with Gasteiger partial charge in [-0.3, -0.25) is 4.79 Å². The third-order valence-electron chi connectivity index (χ3n) is 4.78. The van der Waals surface area contributed by atoms with Crippen molar-refractivity contribution in [2.45, 2.75) is 11.7 Å². The lowest BCUT2D eigenvalue weighted by molar-refractivity contribution is -0.136. The molecule has 132 valence electrons. The van der Waals surface area contributed by atoms with Crippen LogP contribution in [-0.4, -0.2) is 32.1 Å². The molecular formula is C20H16BrNO4. The molecule has 1 saturated heterocycles. The van der Waals surface area contributed by atoms with Crippen LogP contribution in [0.15, 0.2) is 58.6 Å². The van der Waals surface area contributed by atoms with Crippen LogP contribution in [0.5, 0.6) is 0 Å². The quantitative estimate of drug-likeness (QED) is 0.440. The largest absolute Gasteiger partial charge is 0.466 e. The van der Waals surface area contributed by atoms with Gasteiger partial charge in [-0.1, -0.05) is 46.3 Å². The molecule has 5 nitrogen and oxygen atoms in total. The molecule has 2 aromatic rings. The van der Waals surface area contributed by atoms with Gasteiger partial charge in [0.25, 0.3) is 5.91 Å². The third kappa shape index (κ3) is 2.40. The molecule has 2 heterocycles. The second kappa shape index (κ2) is 6.07. The van der Waals surface area contributed by atoms with Gasteiger partial charge >= 0.3 is 5.97 Å². The summed E-state index contributed by atoms with van der Waals surface area (Å²) in [6.45, 7) is 0. The number of rotatable bonds is 3. The number of epoxide rings is 1. The second-order valence-corrected chi connectivity index (χ2v) is 7.18. The number of likely N-dealkylation sites (N-methyl/N-ethyl adjacent to an activating group) is 1. The summed E-state index contributed by atoms with van der Waals surface area (Å²) < 4.78 is 11.7. The number of fused-ring (bicyclic) bond motifs is 2. The van der Waals surface area contributed by atoms with Gasteiger partial charge in [0.1, 0.15) is 6.10 Å². The predicted octanol–water partition coefficient (Wildman–Crippen LogP) is 3.28. The molecule has 1 amide bonds. The number of ether oxygens (including phenoxy) is 2. The maximum atomic E-state index is 12.9. The first-order valence-corrected chi connectivity index (χ1v) is 8.89. The van der Waals surface area contributed by atoms with E-state index >= 15 is 0 Å². The highest BCUT2D eigenvalue weighted by atomic mass is 79.9. The Balaban J connectivity index is 1.80. The smallest absolute Gasteiger partial charge is 0.336 e. The predicted molar refractivity (Wildman–Crippen MR) is 101 cm³/mol. The van der Waals surface area contributed by atoms with Crippen LogP contribution < -0.4 is 4.90 Å². The molecule has 1 spiro atoms. The first-order valence-electron chi connectivity index (χ1n) is 8.10. The van der Waals surface area contributed by atoms with Gasteiger partial charge in [0.15, 0.2) is 0 Å². The van der Waals surface area contributed by atoms with E-state index in [0.717, 1.165) is 21.3 Å². The van der Waals surface area contributed by atoms with E-state index in [1.807, 2.05) is 48.5 Å². The molecule has 4 rings (SSSR count). The Hall–Kier alpha value is -2.44. The monoisotopic (exact) mass is 413 g/mol. The van der Waals surface area contributed by atoms with Crippen LogP contribution in [0.2, 0.25) is 0 Å². The first kappa shape index (κ1) is 17.0. The average molecular weight is 414 g/mol. The van der Waals surface area contributed by atoms with E-state index in [1.165, 1.54) is 7.11 Å². The Kier molecular flexibility index (Phi) is 3.97. The van der Waals surface area contributed by atoms with Gasteiger partial charge in [-0.2, -0.15) is 0 Å². The van der Waals surface area contributed by atoms with Gasteiger partial charge in [0, 0.05) is 17.1 Å². The van der Waals surface area contributed by atoms with Crippen molar-refractivity contribution in [1.82, 2.24) is 0 Å². The number of hydrogen-bond donors (Lipinski definition) is 0. The Morgan fingerprint density at radius 2 is 2.00 bits per heavy atom. The number of amides is 1. The zero-order valence-corrected chi connectivity index (χ0v) is 15.8. The summed E-state index contributed by atoms with van der Waals surface area (Å²) in [7, 11) is 3.03. The van der Waals surface area contributed by atoms with Gasteiger partial charge in [-0.15, -0.1) is 0 Å². The highest BCUT2D eigenvalue weighted by Crippen LogP contribution is 2.58. The number of halogens is 1. The molecule has 2 aliphatic rings. The van der Waals surface area contributed by atoms with E-state index in [-0.39, 0.29) is 5.91 Å². The molecule has 0 bridgehead atoms. The van der Waals surface area contributed by atoms with Crippen molar-refractivity contribution in [3.8, 4) is 0 Å². The normalized spacial score (nSPS) is 24.0. The van der Waals surface area contributed by atoms with E-state index in [0.29, 0.717) is 5.57 Å². The number of nitrogens with zero attached hydrogens (tertiary/aromatic N) is 1. The van der Waals surface area contributed by atoms with E-state index in [2.05, 4.69) is 15.9 Å². The van der Waals surface area contributed by atoms with E-state index < -0.39 is 17.7 Å². The molecule has 0 aliphatic carbocycles. The molecule has 1 fully saturated rings. The number of esters is 1. The van der Waals surface area contributed by atoms with Gasteiger partial charge in [0.2, 0.25) is 5.60 Å². The summed E-state index contributed by atoms with van der Waals surface area (Å²) in [5.74, 6) is -0.687.